The summed E-state index contributed by atoms with van der Waals surface area (Å²) in [5.74, 6) is -0.151. The fraction of sp³-hybridized carbons (Fsp3) is 0.231. The van der Waals surface area contributed by atoms with E-state index in [9.17, 15) is 9.18 Å². The monoisotopic (exact) mass is 215 g/mol. The number of para-hydroxylation sites is 1. The van der Waals surface area contributed by atoms with Crippen molar-refractivity contribution >= 4 is 17.2 Å². The van der Waals surface area contributed by atoms with Gasteiger partial charge >= 0.3 is 0 Å². The first kappa shape index (κ1) is 9.46. The summed E-state index contributed by atoms with van der Waals surface area (Å²) in [5.41, 5.74) is 1.40. The zero-order chi connectivity index (χ0) is 11.1. The first-order chi connectivity index (χ1) is 7.81. The minimum absolute atomic E-state index is 0.140. The van der Waals surface area contributed by atoms with E-state index in [0.29, 0.717) is 22.9 Å². The third-order valence-corrected chi connectivity index (χ3v) is 2.98. The van der Waals surface area contributed by atoms with Gasteiger partial charge in [-0.2, -0.15) is 0 Å². The average Bonchev–Trinajstić information content (AvgIpc) is 3.13. The number of pyridine rings is 1. The molecule has 1 aromatic carbocycles. The molecule has 0 unspecified atom stereocenters. The van der Waals surface area contributed by atoms with E-state index >= 15 is 0 Å². The second-order valence-electron chi connectivity index (χ2n) is 4.13. The van der Waals surface area contributed by atoms with Crippen molar-refractivity contribution in [2.75, 3.05) is 0 Å². The Bertz CT molecular complexity index is 575. The lowest BCUT2D eigenvalue weighted by Gasteiger charge is -2.06. The van der Waals surface area contributed by atoms with E-state index in [1.165, 1.54) is 0 Å². The Morgan fingerprint density at radius 2 is 2.06 bits per heavy atom. The molecule has 0 atom stereocenters. The van der Waals surface area contributed by atoms with Crippen molar-refractivity contribution < 1.29 is 9.18 Å². The van der Waals surface area contributed by atoms with Crippen molar-refractivity contribution in [1.82, 2.24) is 4.98 Å². The molecule has 16 heavy (non-hydrogen) atoms. The van der Waals surface area contributed by atoms with Gasteiger partial charge in [0.2, 0.25) is 0 Å². The van der Waals surface area contributed by atoms with Gasteiger partial charge in [0.1, 0.15) is 5.82 Å². The molecule has 0 aliphatic heterocycles. The quantitative estimate of drug-likeness (QED) is 0.720. The normalized spacial score (nSPS) is 15.3. The molecule has 80 valence electrons. The smallest absolute Gasteiger partial charge is 0.154 e. The molecule has 3 rings (SSSR count). The van der Waals surface area contributed by atoms with E-state index in [4.69, 9.17) is 0 Å². The number of carbonyl (C=O) groups is 1. The number of aldehydes is 1. The Balaban J connectivity index is 2.37. The largest absolute Gasteiger partial charge is 0.298 e. The summed E-state index contributed by atoms with van der Waals surface area (Å²) < 4.78 is 14.0. The highest BCUT2D eigenvalue weighted by molar-refractivity contribution is 5.88. The molecule has 1 saturated carbocycles. The molecule has 2 aromatic rings. The predicted octanol–water partition coefficient (Wildman–Crippen LogP) is 3.06. The van der Waals surface area contributed by atoms with Crippen LogP contribution in [0.15, 0.2) is 24.3 Å². The van der Waals surface area contributed by atoms with Gasteiger partial charge in [-0.05, 0) is 25.0 Å². The van der Waals surface area contributed by atoms with Crippen LogP contribution in [0.4, 0.5) is 4.39 Å². The summed E-state index contributed by atoms with van der Waals surface area (Å²) in [6.45, 7) is 0. The minimum atomic E-state index is -0.428. The summed E-state index contributed by atoms with van der Waals surface area (Å²) in [4.78, 5) is 15.3. The van der Waals surface area contributed by atoms with Crippen LogP contribution >= 0.6 is 0 Å². The Morgan fingerprint density at radius 3 is 2.75 bits per heavy atom. The molecule has 1 fully saturated rings. The highest BCUT2D eigenvalue weighted by atomic mass is 19.1. The molecule has 1 heterocycles. The number of hydrogen-bond donors (Lipinski definition) is 0. The zero-order valence-corrected chi connectivity index (χ0v) is 8.61. The summed E-state index contributed by atoms with van der Waals surface area (Å²) in [7, 11) is 0. The Morgan fingerprint density at radius 1 is 1.31 bits per heavy atom. The van der Waals surface area contributed by atoms with E-state index in [0.717, 1.165) is 12.8 Å². The number of benzene rings is 1. The maximum absolute atomic E-state index is 14.0. The molecule has 2 nitrogen and oxygen atoms in total. The summed E-state index contributed by atoms with van der Waals surface area (Å²) in [5, 5.41) is 0.425. The zero-order valence-electron chi connectivity index (χ0n) is 8.61. The number of fused-ring (bicyclic) bond motifs is 1. The highest BCUT2D eigenvalue weighted by Crippen LogP contribution is 2.41. The second-order valence-corrected chi connectivity index (χ2v) is 4.13. The van der Waals surface area contributed by atoms with E-state index in [1.807, 2.05) is 6.07 Å². The van der Waals surface area contributed by atoms with Crippen LogP contribution in [0, 0.1) is 5.82 Å². The number of aromatic nitrogens is 1. The van der Waals surface area contributed by atoms with Crippen molar-refractivity contribution in [2.24, 2.45) is 0 Å². The molecule has 1 aliphatic carbocycles. The van der Waals surface area contributed by atoms with Crippen LogP contribution in [0.2, 0.25) is 0 Å². The summed E-state index contributed by atoms with van der Waals surface area (Å²) in [6, 6.07) is 7.00. The maximum atomic E-state index is 14.0. The fourth-order valence-corrected chi connectivity index (χ4v) is 1.98. The van der Waals surface area contributed by atoms with E-state index in [-0.39, 0.29) is 11.5 Å². The first-order valence-electron chi connectivity index (χ1n) is 5.34. The lowest BCUT2D eigenvalue weighted by atomic mass is 10.1. The topological polar surface area (TPSA) is 30.0 Å². The van der Waals surface area contributed by atoms with Gasteiger partial charge in [0.25, 0.3) is 0 Å². The van der Waals surface area contributed by atoms with Crippen molar-refractivity contribution in [3.63, 3.8) is 0 Å². The maximum Gasteiger partial charge on any atom is 0.154 e. The van der Waals surface area contributed by atoms with Crippen LogP contribution in [-0.2, 0) is 0 Å². The van der Waals surface area contributed by atoms with Gasteiger partial charge in [-0.1, -0.05) is 12.1 Å². The minimum Gasteiger partial charge on any atom is -0.298 e. The number of carbonyl (C=O) groups excluding carboxylic acids is 1. The van der Waals surface area contributed by atoms with Gasteiger partial charge < -0.3 is 0 Å². The Hall–Kier alpha value is -1.77. The molecular weight excluding hydrogens is 205 g/mol. The van der Waals surface area contributed by atoms with Crippen molar-refractivity contribution in [1.29, 1.82) is 0 Å². The van der Waals surface area contributed by atoms with Gasteiger partial charge in [-0.3, -0.25) is 9.78 Å². The molecule has 0 bridgehead atoms. The molecule has 0 spiro atoms. The standard InChI is InChI=1S/C13H10FNO/c14-12-9-3-1-2-4-11(9)15-13(8-5-6-8)10(12)7-16/h1-4,7-8H,5-6H2. The first-order valence-corrected chi connectivity index (χ1v) is 5.34. The van der Waals surface area contributed by atoms with E-state index < -0.39 is 5.82 Å². The molecule has 0 saturated heterocycles. The SMILES string of the molecule is O=Cc1c(C2CC2)nc2ccccc2c1F. The van der Waals surface area contributed by atoms with E-state index in [1.54, 1.807) is 18.2 Å². The fourth-order valence-electron chi connectivity index (χ4n) is 1.98. The molecule has 3 heteroatoms. The highest BCUT2D eigenvalue weighted by Gasteiger charge is 2.29. The van der Waals surface area contributed by atoms with Gasteiger partial charge in [0, 0.05) is 11.3 Å². The third-order valence-electron chi connectivity index (χ3n) is 2.98. The lowest BCUT2D eigenvalue weighted by Crippen LogP contribution is -2.00. The van der Waals surface area contributed by atoms with Crippen molar-refractivity contribution in [2.45, 2.75) is 18.8 Å². The molecule has 1 aliphatic rings. The lowest BCUT2D eigenvalue weighted by molar-refractivity contribution is 0.111. The molecule has 0 amide bonds. The summed E-state index contributed by atoms with van der Waals surface area (Å²) in [6.07, 6.45) is 2.60. The number of hydrogen-bond acceptors (Lipinski definition) is 2. The van der Waals surface area contributed by atoms with Crippen molar-refractivity contribution in [3.8, 4) is 0 Å². The van der Waals surface area contributed by atoms with Crippen LogP contribution in [0.25, 0.3) is 10.9 Å². The van der Waals surface area contributed by atoms with Crippen LogP contribution in [0.5, 0.6) is 0 Å². The van der Waals surface area contributed by atoms with Crippen LogP contribution < -0.4 is 0 Å². The molecule has 0 radical (unpaired) electrons. The number of rotatable bonds is 2. The van der Waals surface area contributed by atoms with Crippen LogP contribution in [0.3, 0.4) is 0 Å². The molecule has 1 aromatic heterocycles. The van der Waals surface area contributed by atoms with Gasteiger partial charge in [0.05, 0.1) is 16.8 Å². The van der Waals surface area contributed by atoms with E-state index in [2.05, 4.69) is 4.98 Å². The van der Waals surface area contributed by atoms with Crippen LogP contribution in [-0.4, -0.2) is 11.3 Å². The van der Waals surface area contributed by atoms with Gasteiger partial charge in [-0.15, -0.1) is 0 Å². The second kappa shape index (κ2) is 3.37. The number of halogens is 1. The Kier molecular flexibility index (Phi) is 1.99. The van der Waals surface area contributed by atoms with Gasteiger partial charge in [0.15, 0.2) is 6.29 Å². The third kappa shape index (κ3) is 1.32. The van der Waals surface area contributed by atoms with Crippen molar-refractivity contribution in [3.05, 3.63) is 41.3 Å². The summed E-state index contributed by atoms with van der Waals surface area (Å²) >= 11 is 0. The van der Waals surface area contributed by atoms with Gasteiger partial charge in [-0.25, -0.2) is 4.39 Å². The number of nitrogens with zero attached hydrogens (tertiary/aromatic N) is 1. The Labute approximate surface area is 92.1 Å². The molecule has 0 N–H and O–H groups in total. The predicted molar refractivity (Wildman–Crippen MR) is 59.1 cm³/mol. The average molecular weight is 215 g/mol. The van der Waals surface area contributed by atoms with Crippen LogP contribution in [0.1, 0.15) is 34.8 Å². The molecular formula is C13H10FNO.